The molecule has 0 bridgehead atoms. The molecule has 0 aliphatic heterocycles. The van der Waals surface area contributed by atoms with E-state index in [1.54, 1.807) is 18.5 Å². The Kier molecular flexibility index (Phi) is 2.41. The summed E-state index contributed by atoms with van der Waals surface area (Å²) in [6.45, 7) is 0.516. The molecule has 6 heteroatoms. The van der Waals surface area contributed by atoms with Crippen LogP contribution < -0.4 is 11.1 Å². The van der Waals surface area contributed by atoms with Crippen LogP contribution in [0.25, 0.3) is 10.2 Å². The smallest absolute Gasteiger partial charge is 0.213 e. The Bertz CT molecular complexity index is 632. The molecule has 3 aromatic rings. The van der Waals surface area contributed by atoms with Gasteiger partial charge in [0, 0.05) is 11.8 Å². The molecule has 2 heterocycles. The maximum Gasteiger partial charge on any atom is 0.213 e. The Balaban J connectivity index is 1.81. The minimum absolute atomic E-state index is 0.516. The quantitative estimate of drug-likeness (QED) is 0.692. The monoisotopic (exact) mass is 245 g/mol. The molecule has 0 fully saturated rings. The third kappa shape index (κ3) is 2.07. The summed E-state index contributed by atoms with van der Waals surface area (Å²) in [5.41, 5.74) is 7.20. The predicted octanol–water partition coefficient (Wildman–Crippen LogP) is 2.28. The van der Waals surface area contributed by atoms with Gasteiger partial charge in [0.05, 0.1) is 23.0 Å². The van der Waals surface area contributed by atoms with E-state index >= 15 is 0 Å². The number of nitrogens with two attached hydrogens (primary N) is 1. The van der Waals surface area contributed by atoms with Crippen molar-refractivity contribution in [3.63, 3.8) is 0 Å². The van der Waals surface area contributed by atoms with E-state index in [-0.39, 0.29) is 0 Å². The first-order chi connectivity index (χ1) is 8.31. The van der Waals surface area contributed by atoms with E-state index in [0.29, 0.717) is 18.1 Å². The van der Waals surface area contributed by atoms with Crippen LogP contribution in [0.5, 0.6) is 0 Å². The minimum atomic E-state index is 0.516. The topological polar surface area (TPSA) is 77.0 Å². The Hall–Kier alpha value is -2.08. The Labute approximate surface area is 101 Å². The number of nitrogens with one attached hydrogen (secondary N) is 1. The van der Waals surface area contributed by atoms with Crippen LogP contribution in [0, 0.1) is 6.07 Å². The molecule has 2 aromatic heterocycles. The van der Waals surface area contributed by atoms with Gasteiger partial charge in [-0.25, -0.2) is 9.97 Å². The molecule has 0 saturated heterocycles. The van der Waals surface area contributed by atoms with Gasteiger partial charge in [0.2, 0.25) is 5.89 Å². The highest BCUT2D eigenvalue weighted by Crippen LogP contribution is 2.27. The lowest BCUT2D eigenvalue weighted by molar-refractivity contribution is 0.504. The highest BCUT2D eigenvalue weighted by Gasteiger charge is 2.05. The first kappa shape index (κ1) is 10.1. The SMILES string of the molecule is Nc1c[c]c2nc(NCc3ncco3)sc2c1. The lowest BCUT2D eigenvalue weighted by atomic mass is 10.3. The average molecular weight is 245 g/mol. The van der Waals surface area contributed by atoms with E-state index in [2.05, 4.69) is 21.4 Å². The van der Waals surface area contributed by atoms with Crippen molar-refractivity contribution in [2.24, 2.45) is 0 Å². The largest absolute Gasteiger partial charge is 0.447 e. The van der Waals surface area contributed by atoms with Crippen molar-refractivity contribution in [2.75, 3.05) is 11.1 Å². The molecule has 3 rings (SSSR count). The van der Waals surface area contributed by atoms with Crippen LogP contribution in [-0.2, 0) is 6.54 Å². The van der Waals surface area contributed by atoms with Crippen LogP contribution >= 0.6 is 11.3 Å². The number of hydrogen-bond acceptors (Lipinski definition) is 6. The van der Waals surface area contributed by atoms with Gasteiger partial charge in [-0.05, 0) is 12.1 Å². The summed E-state index contributed by atoms with van der Waals surface area (Å²) in [5.74, 6) is 0.632. The maximum atomic E-state index is 5.69. The van der Waals surface area contributed by atoms with E-state index in [9.17, 15) is 0 Å². The predicted molar refractivity (Wildman–Crippen MR) is 66.7 cm³/mol. The number of anilines is 2. The van der Waals surface area contributed by atoms with Gasteiger partial charge < -0.3 is 15.5 Å². The number of thiazole rings is 1. The van der Waals surface area contributed by atoms with E-state index in [1.165, 1.54) is 11.3 Å². The lowest BCUT2D eigenvalue weighted by Crippen LogP contribution is -1.98. The molecule has 3 N–H and O–H groups in total. The summed E-state index contributed by atoms with van der Waals surface area (Å²) in [6, 6.07) is 6.64. The third-order valence-electron chi connectivity index (χ3n) is 2.20. The van der Waals surface area contributed by atoms with E-state index < -0.39 is 0 Å². The molecule has 0 saturated carbocycles. The van der Waals surface area contributed by atoms with Crippen molar-refractivity contribution < 1.29 is 4.42 Å². The molecule has 1 radical (unpaired) electrons. The molecule has 0 atom stereocenters. The van der Waals surface area contributed by atoms with Gasteiger partial charge >= 0.3 is 0 Å². The molecule has 5 nitrogen and oxygen atoms in total. The van der Waals surface area contributed by atoms with Crippen molar-refractivity contribution in [2.45, 2.75) is 6.54 Å². The molecule has 85 valence electrons. The average Bonchev–Trinajstić information content (AvgIpc) is 2.94. The van der Waals surface area contributed by atoms with Crippen LogP contribution in [0.2, 0.25) is 0 Å². The van der Waals surface area contributed by atoms with Crippen molar-refractivity contribution >= 4 is 32.4 Å². The molecular weight excluding hydrogens is 236 g/mol. The van der Waals surface area contributed by atoms with Crippen molar-refractivity contribution in [3.05, 3.63) is 36.5 Å². The number of hydrogen-bond donors (Lipinski definition) is 2. The van der Waals surface area contributed by atoms with Gasteiger partial charge in [-0.2, -0.15) is 0 Å². The second-order valence-corrected chi connectivity index (χ2v) is 4.47. The van der Waals surface area contributed by atoms with Gasteiger partial charge in [0.1, 0.15) is 6.26 Å². The fourth-order valence-corrected chi connectivity index (χ4v) is 2.33. The van der Waals surface area contributed by atoms with Crippen molar-refractivity contribution in [1.29, 1.82) is 0 Å². The highest BCUT2D eigenvalue weighted by molar-refractivity contribution is 7.22. The van der Waals surface area contributed by atoms with Gasteiger partial charge in [0.15, 0.2) is 5.13 Å². The molecule has 17 heavy (non-hydrogen) atoms. The molecular formula is C11H9N4OS. The zero-order valence-corrected chi connectivity index (χ0v) is 9.62. The van der Waals surface area contributed by atoms with E-state index in [1.807, 2.05) is 6.07 Å². The summed E-state index contributed by atoms with van der Waals surface area (Å²) in [5, 5.41) is 3.95. The molecule has 0 spiro atoms. The summed E-state index contributed by atoms with van der Waals surface area (Å²) < 4.78 is 6.14. The number of benzene rings is 1. The van der Waals surface area contributed by atoms with Gasteiger partial charge in [0.25, 0.3) is 0 Å². The standard InChI is InChI=1S/C11H9N4OS/c12-7-1-2-8-9(5-7)17-11(15-8)14-6-10-13-3-4-16-10/h1,3-5H,6,12H2,(H,14,15). The van der Waals surface area contributed by atoms with Gasteiger partial charge in [-0.1, -0.05) is 11.3 Å². The minimum Gasteiger partial charge on any atom is -0.447 e. The van der Waals surface area contributed by atoms with Crippen molar-refractivity contribution in [1.82, 2.24) is 9.97 Å². The first-order valence-corrected chi connectivity index (χ1v) is 5.83. The number of fused-ring (bicyclic) bond motifs is 1. The Morgan fingerprint density at radius 2 is 2.47 bits per heavy atom. The number of rotatable bonds is 3. The zero-order chi connectivity index (χ0) is 11.7. The highest BCUT2D eigenvalue weighted by atomic mass is 32.1. The number of nitrogens with zero attached hydrogens (tertiary/aromatic N) is 2. The molecule has 0 aliphatic carbocycles. The fourth-order valence-electron chi connectivity index (χ4n) is 1.45. The third-order valence-corrected chi connectivity index (χ3v) is 3.16. The normalized spacial score (nSPS) is 10.8. The first-order valence-electron chi connectivity index (χ1n) is 5.01. The maximum absolute atomic E-state index is 5.69. The van der Waals surface area contributed by atoms with Gasteiger partial charge in [-0.3, -0.25) is 0 Å². The zero-order valence-electron chi connectivity index (χ0n) is 8.80. The Morgan fingerprint density at radius 1 is 1.53 bits per heavy atom. The number of nitrogen functional groups attached to an aromatic ring is 1. The number of aromatic nitrogens is 2. The van der Waals surface area contributed by atoms with Gasteiger partial charge in [-0.15, -0.1) is 0 Å². The van der Waals surface area contributed by atoms with Crippen LogP contribution in [0.15, 0.2) is 29.0 Å². The van der Waals surface area contributed by atoms with Crippen LogP contribution in [-0.4, -0.2) is 9.97 Å². The second-order valence-electron chi connectivity index (χ2n) is 3.44. The lowest BCUT2D eigenvalue weighted by Gasteiger charge is -1.96. The van der Waals surface area contributed by atoms with E-state index in [0.717, 1.165) is 15.3 Å². The van der Waals surface area contributed by atoms with Crippen LogP contribution in [0.4, 0.5) is 10.8 Å². The Morgan fingerprint density at radius 3 is 3.29 bits per heavy atom. The van der Waals surface area contributed by atoms with E-state index in [4.69, 9.17) is 10.2 Å². The van der Waals surface area contributed by atoms with Crippen LogP contribution in [0.3, 0.4) is 0 Å². The molecule has 0 unspecified atom stereocenters. The summed E-state index contributed by atoms with van der Waals surface area (Å²) in [6.07, 6.45) is 3.16. The summed E-state index contributed by atoms with van der Waals surface area (Å²) >= 11 is 1.53. The molecule has 0 amide bonds. The second kappa shape index (κ2) is 4.06. The number of oxazole rings is 1. The molecule has 0 aliphatic rings. The fraction of sp³-hybridized carbons (Fsp3) is 0.0909. The summed E-state index contributed by atoms with van der Waals surface area (Å²) in [7, 11) is 0. The van der Waals surface area contributed by atoms with Crippen molar-refractivity contribution in [3.8, 4) is 0 Å². The van der Waals surface area contributed by atoms with Crippen LogP contribution in [0.1, 0.15) is 5.89 Å². The summed E-state index contributed by atoms with van der Waals surface area (Å²) in [4.78, 5) is 8.40. The molecule has 1 aromatic carbocycles.